The molecule has 1 aromatic heterocycles. The number of aryl methyl sites for hydroxylation is 1. The minimum Gasteiger partial charge on any atom is -0.484 e. The molecule has 176 valence electrons. The van der Waals surface area contributed by atoms with Crippen LogP contribution in [0.15, 0.2) is 91.3 Å². The molecule has 0 aliphatic carbocycles. The molecular formula is C26H20Br2N4O3. The predicted molar refractivity (Wildman–Crippen MR) is 139 cm³/mol. The first-order valence-corrected chi connectivity index (χ1v) is 12.5. The van der Waals surface area contributed by atoms with Gasteiger partial charge in [-0.15, -0.1) is 10.2 Å². The van der Waals surface area contributed by atoms with Crippen molar-refractivity contribution in [2.45, 2.75) is 19.4 Å². The molecule has 2 heterocycles. The summed E-state index contributed by atoms with van der Waals surface area (Å²) in [6, 6.07) is 22.9. The number of nitrogens with zero attached hydrogens (tertiary/aromatic N) is 4. The van der Waals surface area contributed by atoms with Gasteiger partial charge in [-0.05, 0) is 59.7 Å². The Labute approximate surface area is 219 Å². The fourth-order valence-corrected chi connectivity index (χ4v) is 4.35. The molecule has 0 saturated heterocycles. The summed E-state index contributed by atoms with van der Waals surface area (Å²) < 4.78 is 13.2. The van der Waals surface area contributed by atoms with Crippen LogP contribution in [0.1, 0.15) is 29.5 Å². The van der Waals surface area contributed by atoms with Crippen LogP contribution in [0, 0.1) is 6.92 Å². The highest BCUT2D eigenvalue weighted by atomic mass is 79.9. The molecule has 1 aliphatic rings. The Morgan fingerprint density at radius 2 is 1.57 bits per heavy atom. The van der Waals surface area contributed by atoms with Gasteiger partial charge in [0.05, 0.1) is 11.8 Å². The molecule has 5 rings (SSSR count). The van der Waals surface area contributed by atoms with Crippen LogP contribution < -0.4 is 4.74 Å². The fraction of sp³-hybridized carbons (Fsp3) is 0.154. The van der Waals surface area contributed by atoms with Crippen molar-refractivity contribution < 1.29 is 13.9 Å². The normalized spacial score (nSPS) is 15.2. The van der Waals surface area contributed by atoms with Crippen LogP contribution in [0.4, 0.5) is 0 Å². The van der Waals surface area contributed by atoms with Crippen LogP contribution in [0.5, 0.6) is 5.75 Å². The maximum Gasteiger partial charge on any atom is 0.281 e. The summed E-state index contributed by atoms with van der Waals surface area (Å²) in [5.74, 6) is 1.28. The third-order valence-corrected chi connectivity index (χ3v) is 6.65. The van der Waals surface area contributed by atoms with Gasteiger partial charge in [0.25, 0.3) is 5.91 Å². The average molecular weight is 596 g/mol. The topological polar surface area (TPSA) is 80.8 Å². The number of hydrazone groups is 1. The zero-order valence-corrected chi connectivity index (χ0v) is 21.9. The van der Waals surface area contributed by atoms with Crippen molar-refractivity contribution in [2.24, 2.45) is 5.10 Å². The molecule has 7 nitrogen and oxygen atoms in total. The van der Waals surface area contributed by atoms with Gasteiger partial charge in [0.1, 0.15) is 5.75 Å². The molecule has 1 aliphatic heterocycles. The molecule has 0 N–H and O–H groups in total. The third-order valence-electron chi connectivity index (χ3n) is 5.59. The van der Waals surface area contributed by atoms with E-state index in [0.29, 0.717) is 24.0 Å². The van der Waals surface area contributed by atoms with E-state index in [0.717, 1.165) is 31.3 Å². The van der Waals surface area contributed by atoms with E-state index >= 15 is 0 Å². The van der Waals surface area contributed by atoms with E-state index in [1.807, 2.05) is 60.7 Å². The molecule has 0 saturated carbocycles. The van der Waals surface area contributed by atoms with Gasteiger partial charge in [-0.2, -0.15) is 5.10 Å². The van der Waals surface area contributed by atoms with Crippen molar-refractivity contribution >= 4 is 43.5 Å². The van der Waals surface area contributed by atoms with Crippen molar-refractivity contribution in [1.29, 1.82) is 0 Å². The second-order valence-electron chi connectivity index (χ2n) is 8.00. The quantitative estimate of drug-likeness (QED) is 0.260. The largest absolute Gasteiger partial charge is 0.484 e. The molecule has 1 unspecified atom stereocenters. The van der Waals surface area contributed by atoms with Gasteiger partial charge in [-0.25, -0.2) is 5.01 Å². The van der Waals surface area contributed by atoms with Crippen LogP contribution >= 0.6 is 31.9 Å². The van der Waals surface area contributed by atoms with Gasteiger partial charge in [0.2, 0.25) is 11.8 Å². The number of aromatic nitrogens is 2. The standard InChI is InChI=1S/C26H20Br2N4O3/c1-16-29-30-26(35-16)19-6-12-22(13-7-19)34-15-25(33)32-24(18-4-10-21(28)11-5-18)14-23(31-32)17-2-8-20(27)9-3-17/h2-13,24H,14-15H2,1H3. The average Bonchev–Trinajstić information content (AvgIpc) is 3.51. The Balaban J connectivity index is 1.33. The number of hydrogen-bond acceptors (Lipinski definition) is 6. The smallest absolute Gasteiger partial charge is 0.281 e. The first-order chi connectivity index (χ1) is 17.0. The van der Waals surface area contributed by atoms with Crippen molar-refractivity contribution in [2.75, 3.05) is 6.61 Å². The Kier molecular flexibility index (Phi) is 6.79. The van der Waals surface area contributed by atoms with E-state index in [9.17, 15) is 4.79 Å². The molecule has 35 heavy (non-hydrogen) atoms. The molecule has 1 atom stereocenters. The van der Waals surface area contributed by atoms with E-state index in [4.69, 9.17) is 14.3 Å². The Hall–Kier alpha value is -3.30. The summed E-state index contributed by atoms with van der Waals surface area (Å²) in [4.78, 5) is 13.2. The fourth-order valence-electron chi connectivity index (χ4n) is 3.82. The van der Waals surface area contributed by atoms with Gasteiger partial charge < -0.3 is 9.15 Å². The number of rotatable bonds is 6. The van der Waals surface area contributed by atoms with Crippen LogP contribution in [-0.4, -0.2) is 33.4 Å². The highest BCUT2D eigenvalue weighted by Gasteiger charge is 2.33. The minimum atomic E-state index is -0.221. The van der Waals surface area contributed by atoms with Gasteiger partial charge in [-0.3, -0.25) is 4.79 Å². The summed E-state index contributed by atoms with van der Waals surface area (Å²) in [5.41, 5.74) is 3.64. The second-order valence-corrected chi connectivity index (χ2v) is 9.83. The number of hydrogen-bond donors (Lipinski definition) is 0. The summed E-state index contributed by atoms with van der Waals surface area (Å²) in [5, 5.41) is 14.1. The van der Waals surface area contributed by atoms with Crippen molar-refractivity contribution in [3.05, 3.63) is 98.8 Å². The highest BCUT2D eigenvalue weighted by Crippen LogP contribution is 2.34. The number of carbonyl (C=O) groups excluding carboxylic acids is 1. The molecule has 0 spiro atoms. The molecular weight excluding hydrogens is 576 g/mol. The molecule has 3 aromatic carbocycles. The van der Waals surface area contributed by atoms with Crippen molar-refractivity contribution in [1.82, 2.24) is 15.2 Å². The molecule has 0 fully saturated rings. The van der Waals surface area contributed by atoms with Crippen LogP contribution in [0.2, 0.25) is 0 Å². The zero-order valence-electron chi connectivity index (χ0n) is 18.7. The zero-order chi connectivity index (χ0) is 24.4. The number of benzene rings is 3. The maximum absolute atomic E-state index is 13.2. The predicted octanol–water partition coefficient (Wildman–Crippen LogP) is 6.33. The Bertz CT molecular complexity index is 1370. The molecule has 0 bridgehead atoms. The summed E-state index contributed by atoms with van der Waals surface area (Å²) in [7, 11) is 0. The van der Waals surface area contributed by atoms with Crippen LogP contribution in [-0.2, 0) is 4.79 Å². The molecule has 1 amide bonds. The van der Waals surface area contributed by atoms with Gasteiger partial charge in [-0.1, -0.05) is 56.1 Å². The molecule has 4 aromatic rings. The number of ether oxygens (including phenoxy) is 1. The van der Waals surface area contributed by atoms with Crippen molar-refractivity contribution in [3.8, 4) is 17.2 Å². The first-order valence-electron chi connectivity index (χ1n) is 10.9. The molecule has 0 radical (unpaired) electrons. The first kappa shape index (κ1) is 23.4. The monoisotopic (exact) mass is 594 g/mol. The number of amides is 1. The maximum atomic E-state index is 13.2. The van der Waals surface area contributed by atoms with E-state index in [1.165, 1.54) is 5.01 Å². The lowest BCUT2D eigenvalue weighted by Crippen LogP contribution is -2.31. The highest BCUT2D eigenvalue weighted by molar-refractivity contribution is 9.10. The Morgan fingerprint density at radius 1 is 0.943 bits per heavy atom. The van der Waals surface area contributed by atoms with E-state index in [2.05, 4.69) is 42.1 Å². The van der Waals surface area contributed by atoms with E-state index < -0.39 is 0 Å². The number of halogens is 2. The third kappa shape index (κ3) is 5.36. The van der Waals surface area contributed by atoms with E-state index in [1.54, 1.807) is 19.1 Å². The lowest BCUT2D eigenvalue weighted by Gasteiger charge is -2.22. The van der Waals surface area contributed by atoms with Crippen LogP contribution in [0.3, 0.4) is 0 Å². The summed E-state index contributed by atoms with van der Waals surface area (Å²) in [6.45, 7) is 1.60. The summed E-state index contributed by atoms with van der Waals surface area (Å²) >= 11 is 6.95. The lowest BCUT2D eigenvalue weighted by atomic mass is 9.98. The second kappa shape index (κ2) is 10.1. The Morgan fingerprint density at radius 3 is 2.20 bits per heavy atom. The SMILES string of the molecule is Cc1nnc(-c2ccc(OCC(=O)N3N=C(c4ccc(Br)cc4)CC3c3ccc(Br)cc3)cc2)o1. The lowest BCUT2D eigenvalue weighted by molar-refractivity contribution is -0.135. The van der Waals surface area contributed by atoms with Crippen LogP contribution in [0.25, 0.3) is 11.5 Å². The molecule has 9 heteroatoms. The minimum absolute atomic E-state index is 0.136. The van der Waals surface area contributed by atoms with Gasteiger partial charge in [0, 0.05) is 27.9 Å². The van der Waals surface area contributed by atoms with E-state index in [-0.39, 0.29) is 18.6 Å². The summed E-state index contributed by atoms with van der Waals surface area (Å²) in [6.07, 6.45) is 0.618. The van der Waals surface area contributed by atoms with Crippen molar-refractivity contribution in [3.63, 3.8) is 0 Å². The van der Waals surface area contributed by atoms with Gasteiger partial charge >= 0.3 is 0 Å². The van der Waals surface area contributed by atoms with Gasteiger partial charge in [0.15, 0.2) is 6.61 Å². The number of carbonyl (C=O) groups is 1.